The number of imidazole rings is 1. The number of anilines is 1. The second kappa shape index (κ2) is 5.82. The van der Waals surface area contributed by atoms with Gasteiger partial charge >= 0.3 is 0 Å². The van der Waals surface area contributed by atoms with Crippen molar-refractivity contribution < 1.29 is 0 Å². The van der Waals surface area contributed by atoms with Crippen molar-refractivity contribution in [3.63, 3.8) is 0 Å². The summed E-state index contributed by atoms with van der Waals surface area (Å²) in [6, 6.07) is 7.79. The predicted octanol–water partition coefficient (Wildman–Crippen LogP) is 3.65. The number of aryl methyl sites for hydroxylation is 1. The van der Waals surface area contributed by atoms with Gasteiger partial charge in [-0.15, -0.1) is 5.10 Å². The lowest BCUT2D eigenvalue weighted by Crippen LogP contribution is -2.22. The van der Waals surface area contributed by atoms with Gasteiger partial charge in [-0.25, -0.2) is 19.2 Å². The van der Waals surface area contributed by atoms with E-state index in [0.29, 0.717) is 0 Å². The van der Waals surface area contributed by atoms with E-state index >= 15 is 0 Å². The van der Waals surface area contributed by atoms with Crippen LogP contribution in [0.5, 0.6) is 0 Å². The molecule has 1 atom stereocenters. The van der Waals surface area contributed by atoms with Crippen LogP contribution < -0.4 is 5.32 Å². The van der Waals surface area contributed by atoms with Crippen molar-refractivity contribution in [2.24, 2.45) is 0 Å². The Hall–Kier alpha value is -2.45. The van der Waals surface area contributed by atoms with Crippen LogP contribution in [-0.4, -0.2) is 29.4 Å². The van der Waals surface area contributed by atoms with Crippen LogP contribution in [0, 0.1) is 0 Å². The van der Waals surface area contributed by atoms with Crippen LogP contribution in [0.15, 0.2) is 36.8 Å². The second-order valence-corrected chi connectivity index (χ2v) is 7.34. The monoisotopic (exact) mass is 371 g/mol. The smallest absolute Gasteiger partial charge is 0.214 e. The van der Waals surface area contributed by atoms with Crippen molar-refractivity contribution in [1.82, 2.24) is 29.4 Å². The first-order chi connectivity index (χ1) is 12.3. The highest BCUT2D eigenvalue weighted by Gasteiger charge is 2.23. The van der Waals surface area contributed by atoms with Gasteiger partial charge in [-0.2, -0.15) is 5.10 Å². The van der Waals surface area contributed by atoms with Crippen LogP contribution in [0.1, 0.15) is 24.7 Å². The van der Waals surface area contributed by atoms with E-state index in [-0.39, 0.29) is 6.04 Å². The van der Waals surface area contributed by atoms with Crippen molar-refractivity contribution >= 4 is 33.0 Å². The summed E-state index contributed by atoms with van der Waals surface area (Å²) < 4.78 is 3.77. The zero-order chi connectivity index (χ0) is 16.8. The van der Waals surface area contributed by atoms with Crippen LogP contribution in [0.3, 0.4) is 0 Å². The molecule has 126 valence electrons. The number of hydrogen-bond donors (Lipinski definition) is 1. The number of rotatable bonds is 3. The van der Waals surface area contributed by atoms with E-state index in [1.807, 2.05) is 39.7 Å². The molecule has 0 spiro atoms. The standard InChI is InChI=1S/C16H14ClN7S/c17-11-5-3-10(4-6-11)13-8-24-16(21-13)25-15(22-24)20-12-2-1-7-23-14(12)18-9-19-23/h3-6,8-9,12H,1-2,7H2,(H,20,22). The normalized spacial score (nSPS) is 16.9. The molecule has 0 amide bonds. The van der Waals surface area contributed by atoms with Crippen LogP contribution in [0.25, 0.3) is 16.2 Å². The van der Waals surface area contributed by atoms with Crippen molar-refractivity contribution in [2.45, 2.75) is 25.4 Å². The van der Waals surface area contributed by atoms with Crippen LogP contribution >= 0.6 is 22.9 Å². The largest absolute Gasteiger partial charge is 0.350 e. The van der Waals surface area contributed by atoms with Gasteiger partial charge in [-0.05, 0) is 25.0 Å². The summed E-state index contributed by atoms with van der Waals surface area (Å²) in [6.07, 6.45) is 5.65. The predicted molar refractivity (Wildman–Crippen MR) is 96.9 cm³/mol. The van der Waals surface area contributed by atoms with E-state index in [2.05, 4.69) is 25.5 Å². The first-order valence-corrected chi connectivity index (χ1v) is 9.22. The molecule has 3 aromatic heterocycles. The highest BCUT2D eigenvalue weighted by Crippen LogP contribution is 2.30. The Labute approximate surface area is 152 Å². The molecule has 0 saturated heterocycles. The van der Waals surface area contributed by atoms with E-state index < -0.39 is 0 Å². The Balaban J connectivity index is 1.41. The molecule has 9 heteroatoms. The van der Waals surface area contributed by atoms with Gasteiger partial charge in [0.1, 0.15) is 12.2 Å². The molecule has 25 heavy (non-hydrogen) atoms. The van der Waals surface area contributed by atoms with Crippen molar-refractivity contribution in [3.05, 3.63) is 47.6 Å². The fourth-order valence-electron chi connectivity index (χ4n) is 3.09. The molecule has 1 unspecified atom stereocenters. The Morgan fingerprint density at radius 2 is 2.12 bits per heavy atom. The molecule has 0 radical (unpaired) electrons. The van der Waals surface area contributed by atoms with Gasteiger partial charge in [0.2, 0.25) is 10.1 Å². The van der Waals surface area contributed by atoms with E-state index in [4.69, 9.17) is 11.6 Å². The average Bonchev–Trinajstić information content (AvgIpc) is 3.30. The van der Waals surface area contributed by atoms with Crippen LogP contribution in [-0.2, 0) is 6.54 Å². The number of nitrogens with zero attached hydrogens (tertiary/aromatic N) is 6. The van der Waals surface area contributed by atoms with E-state index in [1.54, 1.807) is 6.33 Å². The van der Waals surface area contributed by atoms with Gasteiger partial charge in [-0.1, -0.05) is 35.1 Å². The van der Waals surface area contributed by atoms with Gasteiger partial charge in [0.15, 0.2) is 0 Å². The molecule has 0 fully saturated rings. The number of nitrogens with one attached hydrogen (secondary N) is 1. The minimum Gasteiger partial charge on any atom is -0.350 e. The molecule has 4 heterocycles. The van der Waals surface area contributed by atoms with E-state index in [0.717, 1.165) is 51.6 Å². The third-order valence-corrected chi connectivity index (χ3v) is 5.41. The van der Waals surface area contributed by atoms with Gasteiger partial charge in [0.25, 0.3) is 0 Å². The molecule has 0 aliphatic carbocycles. The minimum absolute atomic E-state index is 0.142. The summed E-state index contributed by atoms with van der Waals surface area (Å²) in [5.74, 6) is 0.973. The Kier molecular flexibility index (Phi) is 3.46. The van der Waals surface area contributed by atoms with Crippen LogP contribution in [0.4, 0.5) is 5.13 Å². The third-order valence-electron chi connectivity index (χ3n) is 4.30. The molecular formula is C16H14ClN7S. The molecule has 1 N–H and O–H groups in total. The van der Waals surface area contributed by atoms with Crippen molar-refractivity contribution in [2.75, 3.05) is 5.32 Å². The van der Waals surface area contributed by atoms with Gasteiger partial charge in [0, 0.05) is 17.1 Å². The Bertz CT molecular complexity index is 1000. The lowest BCUT2D eigenvalue weighted by atomic mass is 10.1. The third kappa shape index (κ3) is 2.67. The zero-order valence-corrected chi connectivity index (χ0v) is 14.7. The van der Waals surface area contributed by atoms with Gasteiger partial charge in [0.05, 0.1) is 17.9 Å². The lowest BCUT2D eigenvalue weighted by Gasteiger charge is -2.22. The molecule has 0 bridgehead atoms. The summed E-state index contributed by atoms with van der Waals surface area (Å²) in [5.41, 5.74) is 1.91. The summed E-state index contributed by atoms with van der Waals surface area (Å²) in [6.45, 7) is 0.930. The van der Waals surface area contributed by atoms with Gasteiger partial charge in [-0.3, -0.25) is 0 Å². The molecule has 4 aromatic rings. The quantitative estimate of drug-likeness (QED) is 0.595. The first-order valence-electron chi connectivity index (χ1n) is 8.03. The van der Waals surface area contributed by atoms with Gasteiger partial charge < -0.3 is 5.32 Å². The summed E-state index contributed by atoms with van der Waals surface area (Å²) in [5, 5.41) is 13.9. The summed E-state index contributed by atoms with van der Waals surface area (Å²) >= 11 is 7.48. The average molecular weight is 372 g/mol. The minimum atomic E-state index is 0.142. The number of aromatic nitrogens is 6. The zero-order valence-electron chi connectivity index (χ0n) is 13.1. The maximum Gasteiger partial charge on any atom is 0.214 e. The fraction of sp³-hybridized carbons (Fsp3) is 0.250. The van der Waals surface area contributed by atoms with Crippen LogP contribution in [0.2, 0.25) is 5.02 Å². The Morgan fingerprint density at radius 3 is 2.96 bits per heavy atom. The summed E-state index contributed by atoms with van der Waals surface area (Å²) in [4.78, 5) is 9.88. The molecule has 1 aliphatic rings. The lowest BCUT2D eigenvalue weighted by molar-refractivity contribution is 0.437. The SMILES string of the molecule is Clc1ccc(-c2cn3nc(NC4CCCn5ncnc54)sc3n2)cc1. The number of fused-ring (bicyclic) bond motifs is 2. The van der Waals surface area contributed by atoms with Crippen molar-refractivity contribution in [3.8, 4) is 11.3 Å². The van der Waals surface area contributed by atoms with Crippen molar-refractivity contribution in [1.29, 1.82) is 0 Å². The molecular weight excluding hydrogens is 358 g/mol. The topological polar surface area (TPSA) is 72.9 Å². The molecule has 1 aromatic carbocycles. The fourth-order valence-corrected chi connectivity index (χ4v) is 4.05. The second-order valence-electron chi connectivity index (χ2n) is 5.95. The molecule has 1 aliphatic heterocycles. The highest BCUT2D eigenvalue weighted by atomic mass is 35.5. The maximum atomic E-state index is 5.94. The van der Waals surface area contributed by atoms with E-state index in [9.17, 15) is 0 Å². The first kappa shape index (κ1) is 14.9. The number of benzene rings is 1. The highest BCUT2D eigenvalue weighted by molar-refractivity contribution is 7.20. The maximum absolute atomic E-state index is 5.94. The summed E-state index contributed by atoms with van der Waals surface area (Å²) in [7, 11) is 0. The number of halogens is 1. The van der Waals surface area contributed by atoms with E-state index in [1.165, 1.54) is 11.3 Å². The molecule has 7 nitrogen and oxygen atoms in total. The Morgan fingerprint density at radius 1 is 1.24 bits per heavy atom. The molecule has 5 rings (SSSR count). The number of hydrogen-bond acceptors (Lipinski definition) is 6. The molecule has 0 saturated carbocycles.